The summed E-state index contributed by atoms with van der Waals surface area (Å²) in [6.45, 7) is 0. The van der Waals surface area contributed by atoms with Crippen molar-refractivity contribution in [2.75, 3.05) is 5.32 Å². The minimum atomic E-state index is -1.24. The molecule has 1 aromatic carbocycles. The van der Waals surface area contributed by atoms with Crippen LogP contribution in [-0.2, 0) is 7.05 Å². The Balaban J connectivity index is 2.41. The molecule has 0 bridgehead atoms. The molecule has 9 nitrogen and oxygen atoms in total. The van der Waals surface area contributed by atoms with Gasteiger partial charge in [0.05, 0.1) is 4.92 Å². The summed E-state index contributed by atoms with van der Waals surface area (Å²) in [7, 11) is 1.53. The zero-order chi connectivity index (χ0) is 14.0. The van der Waals surface area contributed by atoms with Gasteiger partial charge < -0.3 is 5.11 Å². The lowest BCUT2D eigenvalue weighted by molar-refractivity contribution is -0.384. The second-order valence-electron chi connectivity index (χ2n) is 3.64. The predicted molar refractivity (Wildman–Crippen MR) is 64.7 cm³/mol. The first-order valence-electron chi connectivity index (χ1n) is 5.13. The van der Waals surface area contributed by atoms with Gasteiger partial charge in [0.25, 0.3) is 5.69 Å². The number of non-ortho nitro benzene ring substituents is 1. The molecular weight excluding hydrogens is 254 g/mol. The number of benzene rings is 1. The molecule has 2 N–H and O–H groups in total. The number of nitrogens with one attached hydrogen (secondary N) is 1. The van der Waals surface area contributed by atoms with Crippen LogP contribution in [0.5, 0.6) is 0 Å². The van der Waals surface area contributed by atoms with Gasteiger partial charge in [0, 0.05) is 24.7 Å². The van der Waals surface area contributed by atoms with Gasteiger partial charge in [0.2, 0.25) is 0 Å². The zero-order valence-electron chi connectivity index (χ0n) is 9.77. The van der Waals surface area contributed by atoms with Crippen LogP contribution in [0.1, 0.15) is 0 Å². The minimum Gasteiger partial charge on any atom is -0.465 e. The van der Waals surface area contributed by atoms with Gasteiger partial charge >= 0.3 is 6.09 Å². The Labute approximate surface area is 106 Å². The van der Waals surface area contributed by atoms with Crippen LogP contribution in [0.15, 0.2) is 24.3 Å². The third-order valence-electron chi connectivity index (χ3n) is 2.40. The number of aryl methyl sites for hydroxylation is 1. The number of rotatable bonds is 3. The number of nitro groups is 1. The molecule has 2 aromatic rings. The van der Waals surface area contributed by atoms with Crippen LogP contribution in [0.25, 0.3) is 11.3 Å². The molecule has 2 rings (SSSR count). The summed E-state index contributed by atoms with van der Waals surface area (Å²) < 4.78 is 1.27. The summed E-state index contributed by atoms with van der Waals surface area (Å²) >= 11 is 0. The third-order valence-corrected chi connectivity index (χ3v) is 2.40. The van der Waals surface area contributed by atoms with E-state index in [1.54, 1.807) is 0 Å². The molecule has 0 saturated carbocycles. The molecule has 98 valence electrons. The molecule has 0 aliphatic heterocycles. The van der Waals surface area contributed by atoms with Crippen molar-refractivity contribution in [2.24, 2.45) is 7.05 Å². The van der Waals surface area contributed by atoms with E-state index >= 15 is 0 Å². The fourth-order valence-electron chi connectivity index (χ4n) is 1.53. The second kappa shape index (κ2) is 4.72. The van der Waals surface area contributed by atoms with Crippen LogP contribution in [0.3, 0.4) is 0 Å². The molecule has 9 heteroatoms. The highest BCUT2D eigenvalue weighted by atomic mass is 16.6. The van der Waals surface area contributed by atoms with Crippen LogP contribution in [0.4, 0.5) is 16.3 Å². The van der Waals surface area contributed by atoms with Crippen molar-refractivity contribution in [3.63, 3.8) is 0 Å². The van der Waals surface area contributed by atoms with Gasteiger partial charge in [0.1, 0.15) is 5.69 Å². The highest BCUT2D eigenvalue weighted by molar-refractivity contribution is 5.87. The summed E-state index contributed by atoms with van der Waals surface area (Å²) in [5.41, 5.74) is 0.780. The van der Waals surface area contributed by atoms with E-state index in [-0.39, 0.29) is 11.5 Å². The summed E-state index contributed by atoms with van der Waals surface area (Å²) in [5, 5.41) is 29.0. The van der Waals surface area contributed by atoms with Gasteiger partial charge in [0.15, 0.2) is 5.82 Å². The van der Waals surface area contributed by atoms with E-state index in [4.69, 9.17) is 5.11 Å². The van der Waals surface area contributed by atoms with Gasteiger partial charge in [-0.2, -0.15) is 0 Å². The quantitative estimate of drug-likeness (QED) is 0.638. The van der Waals surface area contributed by atoms with E-state index < -0.39 is 11.0 Å². The number of nitro benzene ring substituents is 1. The first kappa shape index (κ1) is 12.5. The first-order valence-corrected chi connectivity index (χ1v) is 5.13. The highest BCUT2D eigenvalue weighted by Crippen LogP contribution is 2.26. The molecule has 0 unspecified atom stereocenters. The van der Waals surface area contributed by atoms with E-state index in [1.807, 2.05) is 0 Å². The molecular formula is C10H9N5O4. The maximum Gasteiger partial charge on any atom is 0.410 e. The number of aromatic nitrogens is 3. The van der Waals surface area contributed by atoms with E-state index in [0.717, 1.165) is 0 Å². The van der Waals surface area contributed by atoms with Crippen LogP contribution in [0, 0.1) is 10.1 Å². The Morgan fingerprint density at radius 2 is 2.05 bits per heavy atom. The second-order valence-corrected chi connectivity index (χ2v) is 3.64. The van der Waals surface area contributed by atoms with Gasteiger partial charge in [-0.05, 0) is 12.1 Å². The smallest absolute Gasteiger partial charge is 0.410 e. The van der Waals surface area contributed by atoms with Crippen molar-refractivity contribution >= 4 is 17.6 Å². The first-order chi connectivity index (χ1) is 8.99. The van der Waals surface area contributed by atoms with Crippen molar-refractivity contribution in [3.05, 3.63) is 34.4 Å². The lowest BCUT2D eigenvalue weighted by Gasteiger charge is -2.03. The average molecular weight is 263 g/mol. The Morgan fingerprint density at radius 3 is 2.58 bits per heavy atom. The molecule has 0 spiro atoms. The highest BCUT2D eigenvalue weighted by Gasteiger charge is 2.15. The van der Waals surface area contributed by atoms with Crippen LogP contribution < -0.4 is 5.32 Å². The monoisotopic (exact) mass is 263 g/mol. The maximum atomic E-state index is 10.7. The lowest BCUT2D eigenvalue weighted by Crippen LogP contribution is -2.11. The number of nitrogens with zero attached hydrogens (tertiary/aromatic N) is 4. The number of carbonyl (C=O) groups is 1. The Hall–Kier alpha value is -2.97. The van der Waals surface area contributed by atoms with Gasteiger partial charge in [-0.15, -0.1) is 5.10 Å². The number of anilines is 1. The number of amides is 1. The average Bonchev–Trinajstić information content (AvgIpc) is 2.71. The van der Waals surface area contributed by atoms with Crippen LogP contribution in [0.2, 0.25) is 0 Å². The van der Waals surface area contributed by atoms with E-state index in [2.05, 4.69) is 15.6 Å². The molecule has 0 saturated heterocycles. The van der Waals surface area contributed by atoms with Crippen molar-refractivity contribution < 1.29 is 14.8 Å². The maximum absolute atomic E-state index is 10.7. The van der Waals surface area contributed by atoms with E-state index in [9.17, 15) is 14.9 Å². The fourth-order valence-corrected chi connectivity index (χ4v) is 1.53. The van der Waals surface area contributed by atoms with Gasteiger partial charge in [-0.3, -0.25) is 15.4 Å². The Bertz CT molecular complexity index is 634. The predicted octanol–water partition coefficient (Wildman–Crippen LogP) is 1.48. The number of carboxylic acid groups (broad SMARTS) is 1. The molecule has 0 fully saturated rings. The summed E-state index contributed by atoms with van der Waals surface area (Å²) in [6.07, 6.45) is -1.24. The van der Waals surface area contributed by atoms with Gasteiger partial charge in [-0.1, -0.05) is 5.21 Å². The number of hydrogen-bond acceptors (Lipinski definition) is 5. The fraction of sp³-hybridized carbons (Fsp3) is 0.100. The standard InChI is InChI=1S/C10H9N5O4/c1-14-9(11-10(16)17)8(12-13-14)6-2-4-7(5-3-6)15(18)19/h2-5,11H,1H3,(H,16,17). The molecule has 1 heterocycles. The summed E-state index contributed by atoms with van der Waals surface area (Å²) in [4.78, 5) is 20.7. The summed E-state index contributed by atoms with van der Waals surface area (Å²) in [5.74, 6) is 0.196. The molecule has 19 heavy (non-hydrogen) atoms. The van der Waals surface area contributed by atoms with Crippen LogP contribution in [-0.4, -0.2) is 31.1 Å². The lowest BCUT2D eigenvalue weighted by atomic mass is 10.1. The van der Waals surface area contributed by atoms with Crippen molar-refractivity contribution in [1.82, 2.24) is 15.0 Å². The van der Waals surface area contributed by atoms with Crippen LogP contribution >= 0.6 is 0 Å². The molecule has 0 radical (unpaired) electrons. The van der Waals surface area contributed by atoms with Crippen molar-refractivity contribution in [3.8, 4) is 11.3 Å². The zero-order valence-corrected chi connectivity index (χ0v) is 9.77. The molecule has 1 amide bonds. The molecule has 1 aromatic heterocycles. The normalized spacial score (nSPS) is 10.2. The van der Waals surface area contributed by atoms with Crippen molar-refractivity contribution in [2.45, 2.75) is 0 Å². The minimum absolute atomic E-state index is 0.0552. The number of hydrogen-bond donors (Lipinski definition) is 2. The third kappa shape index (κ3) is 2.49. The largest absolute Gasteiger partial charge is 0.465 e. The Morgan fingerprint density at radius 1 is 1.42 bits per heavy atom. The van der Waals surface area contributed by atoms with E-state index in [0.29, 0.717) is 11.3 Å². The Kier molecular flexibility index (Phi) is 3.10. The van der Waals surface area contributed by atoms with Gasteiger partial charge in [-0.25, -0.2) is 9.48 Å². The SMILES string of the molecule is Cn1nnc(-c2ccc([N+](=O)[O-])cc2)c1NC(=O)O. The van der Waals surface area contributed by atoms with E-state index in [1.165, 1.54) is 36.0 Å². The van der Waals surface area contributed by atoms with Crippen molar-refractivity contribution in [1.29, 1.82) is 0 Å². The molecule has 0 aliphatic rings. The topological polar surface area (TPSA) is 123 Å². The molecule has 0 aliphatic carbocycles. The molecule has 0 atom stereocenters. The summed E-state index contributed by atoms with van der Waals surface area (Å²) in [6, 6.07) is 5.59.